The molecule has 18 heavy (non-hydrogen) atoms. The van der Waals surface area contributed by atoms with Crippen molar-refractivity contribution in [3.05, 3.63) is 30.1 Å². The summed E-state index contributed by atoms with van der Waals surface area (Å²) < 4.78 is 1.78. The zero-order chi connectivity index (χ0) is 13.0. The molecular formula is C13H17N3O2. The lowest BCUT2D eigenvalue weighted by molar-refractivity contribution is 0.111. The number of rotatable bonds is 6. The molecule has 2 heterocycles. The minimum Gasteiger partial charge on any atom is -0.396 e. The zero-order valence-corrected chi connectivity index (χ0v) is 10.4. The number of imidazole rings is 1. The van der Waals surface area contributed by atoms with Crippen LogP contribution in [0.2, 0.25) is 0 Å². The predicted molar refractivity (Wildman–Crippen MR) is 70.2 cm³/mol. The average molecular weight is 247 g/mol. The number of carbonyl (C=O) groups is 1. The Morgan fingerprint density at radius 1 is 1.50 bits per heavy atom. The second-order valence-electron chi connectivity index (χ2n) is 4.02. The molecule has 0 spiro atoms. The first-order valence-electron chi connectivity index (χ1n) is 6.10. The standard InChI is InChI=1S/C13H17N3O2/c1-2-15(7-5-9-17)13-11(10-18)16-8-4-3-6-12(16)14-13/h3-4,6,8,10,17H,2,5,7,9H2,1H3. The summed E-state index contributed by atoms with van der Waals surface area (Å²) in [6.45, 7) is 3.60. The van der Waals surface area contributed by atoms with Crippen LogP contribution in [-0.2, 0) is 0 Å². The fourth-order valence-corrected chi connectivity index (χ4v) is 2.02. The van der Waals surface area contributed by atoms with Crippen molar-refractivity contribution >= 4 is 17.8 Å². The Balaban J connectivity index is 2.44. The molecular weight excluding hydrogens is 230 g/mol. The Morgan fingerprint density at radius 2 is 2.33 bits per heavy atom. The number of nitrogens with zero attached hydrogens (tertiary/aromatic N) is 3. The average Bonchev–Trinajstić information content (AvgIpc) is 2.78. The number of aliphatic hydroxyl groups excluding tert-OH is 1. The molecule has 0 fully saturated rings. The van der Waals surface area contributed by atoms with E-state index < -0.39 is 0 Å². The minimum absolute atomic E-state index is 0.139. The number of pyridine rings is 1. The van der Waals surface area contributed by atoms with Crippen molar-refractivity contribution in [3.63, 3.8) is 0 Å². The van der Waals surface area contributed by atoms with Gasteiger partial charge in [0.2, 0.25) is 0 Å². The summed E-state index contributed by atoms with van der Waals surface area (Å²) in [5, 5.41) is 8.90. The van der Waals surface area contributed by atoms with Crippen LogP contribution in [0.4, 0.5) is 5.82 Å². The summed E-state index contributed by atoms with van der Waals surface area (Å²) >= 11 is 0. The van der Waals surface area contributed by atoms with E-state index in [9.17, 15) is 4.79 Å². The van der Waals surface area contributed by atoms with Crippen LogP contribution in [0, 0.1) is 0 Å². The van der Waals surface area contributed by atoms with Gasteiger partial charge in [0.15, 0.2) is 12.1 Å². The van der Waals surface area contributed by atoms with Crippen molar-refractivity contribution in [3.8, 4) is 0 Å². The van der Waals surface area contributed by atoms with Gasteiger partial charge in [-0.3, -0.25) is 9.20 Å². The number of carbonyl (C=O) groups excluding carboxylic acids is 1. The Kier molecular flexibility index (Phi) is 3.94. The van der Waals surface area contributed by atoms with Crippen molar-refractivity contribution in [2.45, 2.75) is 13.3 Å². The van der Waals surface area contributed by atoms with Crippen molar-refractivity contribution in [2.24, 2.45) is 0 Å². The molecule has 5 heteroatoms. The summed E-state index contributed by atoms with van der Waals surface area (Å²) in [5.41, 5.74) is 1.32. The van der Waals surface area contributed by atoms with Gasteiger partial charge in [-0.15, -0.1) is 0 Å². The summed E-state index contributed by atoms with van der Waals surface area (Å²) in [5.74, 6) is 0.687. The van der Waals surface area contributed by atoms with Gasteiger partial charge < -0.3 is 10.0 Å². The van der Waals surface area contributed by atoms with Crippen LogP contribution >= 0.6 is 0 Å². The first-order valence-corrected chi connectivity index (χ1v) is 6.10. The zero-order valence-electron chi connectivity index (χ0n) is 10.4. The molecule has 2 aromatic rings. The Hall–Kier alpha value is -1.88. The summed E-state index contributed by atoms with van der Waals surface area (Å²) in [4.78, 5) is 17.8. The monoisotopic (exact) mass is 247 g/mol. The van der Waals surface area contributed by atoms with E-state index in [0.29, 0.717) is 24.5 Å². The quantitative estimate of drug-likeness (QED) is 0.783. The highest BCUT2D eigenvalue weighted by molar-refractivity contribution is 5.83. The topological polar surface area (TPSA) is 57.8 Å². The minimum atomic E-state index is 0.139. The van der Waals surface area contributed by atoms with Crippen molar-refractivity contribution in [1.82, 2.24) is 9.38 Å². The van der Waals surface area contributed by atoms with Crippen molar-refractivity contribution in [1.29, 1.82) is 0 Å². The number of aldehydes is 1. The van der Waals surface area contributed by atoms with Crippen LogP contribution < -0.4 is 4.90 Å². The van der Waals surface area contributed by atoms with Gasteiger partial charge in [0.05, 0.1) is 0 Å². The largest absolute Gasteiger partial charge is 0.396 e. The van der Waals surface area contributed by atoms with Gasteiger partial charge in [0.1, 0.15) is 11.3 Å². The smallest absolute Gasteiger partial charge is 0.170 e. The lowest BCUT2D eigenvalue weighted by Gasteiger charge is -2.20. The van der Waals surface area contributed by atoms with E-state index in [1.54, 1.807) is 4.40 Å². The van der Waals surface area contributed by atoms with Gasteiger partial charge in [-0.25, -0.2) is 4.98 Å². The third kappa shape index (κ3) is 2.22. The van der Waals surface area contributed by atoms with E-state index in [1.807, 2.05) is 36.2 Å². The van der Waals surface area contributed by atoms with E-state index in [-0.39, 0.29) is 6.61 Å². The van der Waals surface area contributed by atoms with Crippen LogP contribution in [0.3, 0.4) is 0 Å². The Morgan fingerprint density at radius 3 is 3.00 bits per heavy atom. The van der Waals surface area contributed by atoms with E-state index >= 15 is 0 Å². The molecule has 0 aliphatic carbocycles. The molecule has 0 aliphatic rings. The molecule has 2 rings (SSSR count). The van der Waals surface area contributed by atoms with E-state index in [2.05, 4.69) is 4.98 Å². The van der Waals surface area contributed by atoms with Crippen LogP contribution in [0.15, 0.2) is 24.4 Å². The molecule has 2 aromatic heterocycles. The molecule has 0 amide bonds. The molecule has 0 saturated carbocycles. The molecule has 0 atom stereocenters. The number of hydrogen-bond donors (Lipinski definition) is 1. The fraction of sp³-hybridized carbons (Fsp3) is 0.385. The first kappa shape index (κ1) is 12.6. The molecule has 0 saturated heterocycles. The van der Waals surface area contributed by atoms with Crippen molar-refractivity contribution < 1.29 is 9.90 Å². The van der Waals surface area contributed by atoms with Gasteiger partial charge in [-0.2, -0.15) is 0 Å². The number of fused-ring (bicyclic) bond motifs is 1. The molecule has 0 radical (unpaired) electrons. The van der Waals surface area contributed by atoms with Crippen LogP contribution in [-0.4, -0.2) is 40.5 Å². The van der Waals surface area contributed by atoms with Gasteiger partial charge in [0, 0.05) is 25.9 Å². The Labute approximate surface area is 106 Å². The molecule has 0 bridgehead atoms. The fourth-order valence-electron chi connectivity index (χ4n) is 2.02. The summed E-state index contributed by atoms with van der Waals surface area (Å²) in [7, 11) is 0. The second-order valence-corrected chi connectivity index (χ2v) is 4.02. The van der Waals surface area contributed by atoms with Gasteiger partial charge in [0.25, 0.3) is 0 Å². The lowest BCUT2D eigenvalue weighted by atomic mass is 10.3. The first-order chi connectivity index (χ1) is 8.81. The van der Waals surface area contributed by atoms with E-state index in [1.165, 1.54) is 0 Å². The van der Waals surface area contributed by atoms with Crippen molar-refractivity contribution in [2.75, 3.05) is 24.6 Å². The van der Waals surface area contributed by atoms with Gasteiger partial charge in [-0.1, -0.05) is 6.07 Å². The predicted octanol–water partition coefficient (Wildman–Crippen LogP) is 1.36. The van der Waals surface area contributed by atoms with Gasteiger partial charge >= 0.3 is 0 Å². The van der Waals surface area contributed by atoms with Crippen LogP contribution in [0.5, 0.6) is 0 Å². The summed E-state index contributed by atoms with van der Waals surface area (Å²) in [6.07, 6.45) is 3.33. The number of anilines is 1. The SMILES string of the molecule is CCN(CCCO)c1nc2ccccn2c1C=O. The van der Waals surface area contributed by atoms with Crippen LogP contribution in [0.1, 0.15) is 23.8 Å². The maximum atomic E-state index is 11.3. The van der Waals surface area contributed by atoms with E-state index in [0.717, 1.165) is 18.5 Å². The van der Waals surface area contributed by atoms with Gasteiger partial charge in [-0.05, 0) is 25.5 Å². The third-order valence-corrected chi connectivity index (χ3v) is 2.93. The normalized spacial score (nSPS) is 10.8. The molecule has 0 unspecified atom stereocenters. The second kappa shape index (κ2) is 5.64. The maximum absolute atomic E-state index is 11.3. The van der Waals surface area contributed by atoms with E-state index in [4.69, 9.17) is 5.11 Å². The maximum Gasteiger partial charge on any atom is 0.170 e. The molecule has 0 aliphatic heterocycles. The highest BCUT2D eigenvalue weighted by atomic mass is 16.3. The van der Waals surface area contributed by atoms with Crippen LogP contribution in [0.25, 0.3) is 5.65 Å². The third-order valence-electron chi connectivity index (χ3n) is 2.93. The molecule has 0 aromatic carbocycles. The molecule has 1 N–H and O–H groups in total. The number of aliphatic hydroxyl groups is 1. The highest BCUT2D eigenvalue weighted by Gasteiger charge is 2.16. The summed E-state index contributed by atoms with van der Waals surface area (Å²) in [6, 6.07) is 5.64. The molecule has 5 nitrogen and oxygen atoms in total. The molecule has 96 valence electrons. The number of hydrogen-bond acceptors (Lipinski definition) is 4. The lowest BCUT2D eigenvalue weighted by Crippen LogP contribution is -2.26. The Bertz CT molecular complexity index is 536. The number of aromatic nitrogens is 2. The highest BCUT2D eigenvalue weighted by Crippen LogP contribution is 2.20.